The highest BCUT2D eigenvalue weighted by Gasteiger charge is 1.96. The van der Waals surface area contributed by atoms with Crippen LogP contribution in [-0.2, 0) is 0 Å². The van der Waals surface area contributed by atoms with Crippen LogP contribution in [0.2, 0.25) is 0 Å². The molecule has 3 aromatic rings. The van der Waals surface area contributed by atoms with Crippen LogP contribution in [0.4, 0.5) is 0 Å². The number of pyridine rings is 1. The van der Waals surface area contributed by atoms with Gasteiger partial charge in [-0.25, -0.2) is 0 Å². The van der Waals surface area contributed by atoms with Gasteiger partial charge in [0, 0.05) is 11.6 Å². The van der Waals surface area contributed by atoms with Crippen LogP contribution in [0.5, 0.6) is 0 Å². The molecule has 0 saturated heterocycles. The second-order valence-corrected chi connectivity index (χ2v) is 3.40. The number of benzene rings is 2. The fourth-order valence-corrected chi connectivity index (χ4v) is 1.76. The number of rotatable bonds is 0. The Morgan fingerprint density at radius 2 is 1.40 bits per heavy atom. The van der Waals surface area contributed by atoms with E-state index >= 15 is 0 Å². The summed E-state index contributed by atoms with van der Waals surface area (Å²) in [6.07, 6.45) is 1.83. The van der Waals surface area contributed by atoms with Gasteiger partial charge in [0.1, 0.15) is 0 Å². The van der Waals surface area contributed by atoms with Gasteiger partial charge in [-0.1, -0.05) is 30.3 Å². The van der Waals surface area contributed by atoms with Gasteiger partial charge in [0.2, 0.25) is 0 Å². The zero-order valence-electron chi connectivity index (χ0n) is 8.05. The molecule has 0 spiro atoms. The highest BCUT2D eigenvalue weighted by molar-refractivity contribution is 5.96. The molecule has 1 nitrogen and oxygen atoms in total. The van der Waals surface area contributed by atoms with E-state index in [-0.39, 0.29) is 12.4 Å². The van der Waals surface area contributed by atoms with Gasteiger partial charge in [-0.15, -0.1) is 12.4 Å². The van der Waals surface area contributed by atoms with Gasteiger partial charge < -0.3 is 0 Å². The van der Waals surface area contributed by atoms with Crippen LogP contribution >= 0.6 is 12.4 Å². The molecule has 0 aliphatic heterocycles. The molecule has 15 heavy (non-hydrogen) atoms. The molecule has 2 heteroatoms. The lowest BCUT2D eigenvalue weighted by molar-refractivity contribution is 1.42. The quantitative estimate of drug-likeness (QED) is 0.520. The van der Waals surface area contributed by atoms with Crippen LogP contribution in [-0.4, -0.2) is 4.98 Å². The molecule has 0 N–H and O–H groups in total. The third kappa shape index (κ3) is 1.66. The van der Waals surface area contributed by atoms with Gasteiger partial charge in [0.05, 0.1) is 5.52 Å². The van der Waals surface area contributed by atoms with Crippen molar-refractivity contribution in [3.63, 3.8) is 0 Å². The minimum absolute atomic E-state index is 0. The van der Waals surface area contributed by atoms with E-state index in [2.05, 4.69) is 47.4 Å². The Labute approximate surface area is 94.2 Å². The smallest absolute Gasteiger partial charge is 0.0708 e. The molecule has 0 bridgehead atoms. The summed E-state index contributed by atoms with van der Waals surface area (Å²) in [6, 6.07) is 16.7. The highest BCUT2D eigenvalue weighted by atomic mass is 35.5. The normalized spacial score (nSPS) is 10.1. The van der Waals surface area contributed by atoms with E-state index in [1.54, 1.807) is 0 Å². The minimum atomic E-state index is 0. The standard InChI is InChI=1S/C13H9N.ClH/c1-2-5-11-9-13-12(6-3-7-14-13)8-10(11)4-1;/h1-9H;1H. The summed E-state index contributed by atoms with van der Waals surface area (Å²) < 4.78 is 0. The van der Waals surface area contributed by atoms with Crippen LogP contribution in [0.25, 0.3) is 21.7 Å². The summed E-state index contributed by atoms with van der Waals surface area (Å²) in [5.41, 5.74) is 1.06. The Balaban J connectivity index is 0.000000853. The second-order valence-electron chi connectivity index (χ2n) is 3.40. The Morgan fingerprint density at radius 1 is 0.733 bits per heavy atom. The SMILES string of the molecule is Cl.c1ccc2cc3ncccc3cc2c1. The molecule has 2 aromatic carbocycles. The molecule has 0 amide bonds. The molecule has 0 fully saturated rings. The third-order valence-electron chi connectivity index (χ3n) is 2.47. The van der Waals surface area contributed by atoms with E-state index in [4.69, 9.17) is 0 Å². The topological polar surface area (TPSA) is 12.9 Å². The van der Waals surface area contributed by atoms with Crippen LogP contribution in [0.1, 0.15) is 0 Å². The van der Waals surface area contributed by atoms with Gasteiger partial charge in [-0.3, -0.25) is 4.98 Å². The third-order valence-corrected chi connectivity index (χ3v) is 2.47. The average Bonchev–Trinajstić information content (AvgIpc) is 2.26. The number of halogens is 1. The molecular weight excluding hydrogens is 206 g/mol. The molecule has 0 radical (unpaired) electrons. The van der Waals surface area contributed by atoms with Crippen LogP contribution in [0.15, 0.2) is 54.7 Å². The molecule has 0 unspecified atom stereocenters. The van der Waals surface area contributed by atoms with Crippen molar-refractivity contribution < 1.29 is 0 Å². The van der Waals surface area contributed by atoms with E-state index in [0.29, 0.717) is 0 Å². The Bertz CT molecular complexity index is 499. The van der Waals surface area contributed by atoms with Crippen molar-refractivity contribution in [2.75, 3.05) is 0 Å². The maximum atomic E-state index is 4.33. The fourth-order valence-electron chi connectivity index (χ4n) is 1.76. The van der Waals surface area contributed by atoms with Gasteiger partial charge >= 0.3 is 0 Å². The number of hydrogen-bond donors (Lipinski definition) is 0. The largest absolute Gasteiger partial charge is 0.256 e. The van der Waals surface area contributed by atoms with Crippen molar-refractivity contribution in [2.45, 2.75) is 0 Å². The number of aromatic nitrogens is 1. The lowest BCUT2D eigenvalue weighted by atomic mass is 10.1. The predicted octanol–water partition coefficient (Wildman–Crippen LogP) is 3.81. The first-order valence-corrected chi connectivity index (χ1v) is 4.67. The molecule has 0 saturated carbocycles. The maximum Gasteiger partial charge on any atom is 0.0708 e. The van der Waals surface area contributed by atoms with Gasteiger partial charge in [-0.2, -0.15) is 0 Å². The van der Waals surface area contributed by atoms with Crippen LogP contribution in [0, 0.1) is 0 Å². The molecule has 1 aromatic heterocycles. The van der Waals surface area contributed by atoms with Gasteiger partial charge in [0.15, 0.2) is 0 Å². The van der Waals surface area contributed by atoms with E-state index < -0.39 is 0 Å². The lowest BCUT2D eigenvalue weighted by Crippen LogP contribution is -1.78. The molecule has 0 aliphatic carbocycles. The summed E-state index contributed by atoms with van der Waals surface area (Å²) in [6.45, 7) is 0. The second kappa shape index (κ2) is 3.87. The average molecular weight is 216 g/mol. The molecule has 1 heterocycles. The van der Waals surface area contributed by atoms with Crippen molar-refractivity contribution in [2.24, 2.45) is 0 Å². The van der Waals surface area contributed by atoms with Crippen LogP contribution < -0.4 is 0 Å². The first-order valence-electron chi connectivity index (χ1n) is 4.67. The first kappa shape index (κ1) is 9.94. The van der Waals surface area contributed by atoms with E-state index in [9.17, 15) is 0 Å². The molecule has 0 aliphatic rings. The Morgan fingerprint density at radius 3 is 2.20 bits per heavy atom. The summed E-state index contributed by atoms with van der Waals surface area (Å²) in [4.78, 5) is 4.33. The number of hydrogen-bond acceptors (Lipinski definition) is 1. The zero-order chi connectivity index (χ0) is 9.38. The predicted molar refractivity (Wildman–Crippen MR) is 66.5 cm³/mol. The molecule has 3 rings (SSSR count). The maximum absolute atomic E-state index is 4.33. The highest BCUT2D eigenvalue weighted by Crippen LogP contribution is 2.20. The Hall–Kier alpha value is -1.60. The number of nitrogens with zero attached hydrogens (tertiary/aromatic N) is 1. The van der Waals surface area contributed by atoms with Gasteiger partial charge in [0.25, 0.3) is 0 Å². The van der Waals surface area contributed by atoms with Crippen molar-refractivity contribution in [1.29, 1.82) is 0 Å². The van der Waals surface area contributed by atoms with Crippen LogP contribution in [0.3, 0.4) is 0 Å². The number of fused-ring (bicyclic) bond motifs is 2. The zero-order valence-corrected chi connectivity index (χ0v) is 8.87. The first-order chi connectivity index (χ1) is 6.93. The monoisotopic (exact) mass is 215 g/mol. The molecular formula is C13H10ClN. The van der Waals surface area contributed by atoms with E-state index in [0.717, 1.165) is 5.52 Å². The molecule has 0 atom stereocenters. The van der Waals surface area contributed by atoms with Crippen molar-refractivity contribution in [1.82, 2.24) is 4.98 Å². The van der Waals surface area contributed by atoms with Crippen molar-refractivity contribution in [3.05, 3.63) is 54.7 Å². The lowest BCUT2D eigenvalue weighted by Gasteiger charge is -2.00. The Kier molecular flexibility index (Phi) is 2.57. The summed E-state index contributed by atoms with van der Waals surface area (Å²) in [5.74, 6) is 0. The molecule has 74 valence electrons. The van der Waals surface area contributed by atoms with Gasteiger partial charge in [-0.05, 0) is 29.0 Å². The van der Waals surface area contributed by atoms with Crippen molar-refractivity contribution in [3.8, 4) is 0 Å². The van der Waals surface area contributed by atoms with E-state index in [1.807, 2.05) is 12.3 Å². The van der Waals surface area contributed by atoms with E-state index in [1.165, 1.54) is 16.2 Å². The fraction of sp³-hybridized carbons (Fsp3) is 0. The summed E-state index contributed by atoms with van der Waals surface area (Å²) in [5, 5.41) is 3.72. The summed E-state index contributed by atoms with van der Waals surface area (Å²) in [7, 11) is 0. The minimum Gasteiger partial charge on any atom is -0.256 e. The van der Waals surface area contributed by atoms with Crippen molar-refractivity contribution >= 4 is 34.1 Å². The summed E-state index contributed by atoms with van der Waals surface area (Å²) >= 11 is 0.